The summed E-state index contributed by atoms with van der Waals surface area (Å²) in [5, 5.41) is 2.90. The second kappa shape index (κ2) is 7.77. The van der Waals surface area contributed by atoms with Crippen LogP contribution in [0.5, 0.6) is 0 Å². The molecule has 0 aliphatic heterocycles. The highest BCUT2D eigenvalue weighted by Gasteiger charge is 2.24. The summed E-state index contributed by atoms with van der Waals surface area (Å²) in [7, 11) is 0. The Bertz CT molecular complexity index is 1460. The van der Waals surface area contributed by atoms with Crippen molar-refractivity contribution in [2.24, 2.45) is 0 Å². The van der Waals surface area contributed by atoms with E-state index in [9.17, 15) is 9.18 Å². The third-order valence-electron chi connectivity index (χ3n) is 5.38. The van der Waals surface area contributed by atoms with Crippen molar-refractivity contribution in [2.75, 3.05) is 11.1 Å². The first-order chi connectivity index (χ1) is 15.5. The van der Waals surface area contributed by atoms with Gasteiger partial charge in [0.15, 0.2) is 5.65 Å². The number of aryl methyl sites for hydroxylation is 1. The number of benzene rings is 3. The molecule has 0 aliphatic rings. The highest BCUT2D eigenvalue weighted by atomic mass is 19.1. The molecule has 5 rings (SSSR count). The second-order valence-corrected chi connectivity index (χ2v) is 7.68. The van der Waals surface area contributed by atoms with Gasteiger partial charge in [0.25, 0.3) is 5.91 Å². The van der Waals surface area contributed by atoms with E-state index in [0.717, 1.165) is 11.1 Å². The molecule has 0 aliphatic carbocycles. The fourth-order valence-corrected chi connectivity index (χ4v) is 3.70. The third kappa shape index (κ3) is 3.54. The number of amides is 1. The Morgan fingerprint density at radius 3 is 2.31 bits per heavy atom. The van der Waals surface area contributed by atoms with Crippen LogP contribution in [0.15, 0.2) is 72.8 Å². The van der Waals surface area contributed by atoms with E-state index in [-0.39, 0.29) is 23.1 Å². The van der Waals surface area contributed by atoms with E-state index in [4.69, 9.17) is 15.7 Å². The Kier molecular flexibility index (Phi) is 4.78. The molecule has 7 heteroatoms. The van der Waals surface area contributed by atoms with Gasteiger partial charge in [0.1, 0.15) is 22.7 Å². The van der Waals surface area contributed by atoms with E-state index in [0.29, 0.717) is 34.4 Å². The summed E-state index contributed by atoms with van der Waals surface area (Å²) in [6, 6.07) is 21.1. The summed E-state index contributed by atoms with van der Waals surface area (Å²) in [6.07, 6.45) is 0. The lowest BCUT2D eigenvalue weighted by Gasteiger charge is -2.09. The minimum Gasteiger partial charge on any atom is -0.384 e. The van der Waals surface area contributed by atoms with Gasteiger partial charge in [0, 0.05) is 5.69 Å². The Morgan fingerprint density at radius 1 is 0.969 bits per heavy atom. The average Bonchev–Trinajstić information content (AvgIpc) is 3.05. The molecule has 1 amide bonds. The summed E-state index contributed by atoms with van der Waals surface area (Å²) in [6.45, 7) is 2.31. The highest BCUT2D eigenvalue weighted by Crippen LogP contribution is 2.29. The van der Waals surface area contributed by atoms with Gasteiger partial charge in [-0.1, -0.05) is 42.0 Å². The SMILES string of the molecule is Cc1ccc(NC(=O)c2c(N)n(Cc3ccc(F)cc3)c3nc4ccccc4nc23)cc1. The molecule has 158 valence electrons. The van der Waals surface area contributed by atoms with Crippen LogP contribution in [-0.4, -0.2) is 20.4 Å². The van der Waals surface area contributed by atoms with Gasteiger partial charge in [0.05, 0.1) is 17.6 Å². The molecule has 5 aromatic rings. The molecule has 0 fully saturated rings. The molecule has 0 bridgehead atoms. The van der Waals surface area contributed by atoms with E-state index in [2.05, 4.69) is 5.32 Å². The number of carbonyl (C=O) groups excluding carboxylic acids is 1. The van der Waals surface area contributed by atoms with Gasteiger partial charge < -0.3 is 15.6 Å². The van der Waals surface area contributed by atoms with Crippen LogP contribution < -0.4 is 11.1 Å². The molecule has 3 aromatic carbocycles. The normalized spacial score (nSPS) is 11.2. The van der Waals surface area contributed by atoms with Crippen molar-refractivity contribution in [3.8, 4) is 0 Å². The number of hydrogen-bond donors (Lipinski definition) is 2. The summed E-state index contributed by atoms with van der Waals surface area (Å²) in [5.41, 5.74) is 11.6. The number of halogens is 1. The van der Waals surface area contributed by atoms with Crippen LogP contribution in [-0.2, 0) is 6.54 Å². The molecule has 0 radical (unpaired) electrons. The van der Waals surface area contributed by atoms with Gasteiger partial charge in [0.2, 0.25) is 0 Å². The summed E-state index contributed by atoms with van der Waals surface area (Å²) in [5.74, 6) is -0.425. The van der Waals surface area contributed by atoms with Crippen molar-refractivity contribution in [1.82, 2.24) is 14.5 Å². The minimum absolute atomic E-state index is 0.254. The molecule has 2 heterocycles. The number of nitrogens with zero attached hydrogens (tertiary/aromatic N) is 3. The van der Waals surface area contributed by atoms with Gasteiger partial charge in [-0.2, -0.15) is 0 Å². The molecule has 6 nitrogen and oxygen atoms in total. The minimum atomic E-state index is -0.362. The van der Waals surface area contributed by atoms with Crippen molar-refractivity contribution >= 4 is 39.6 Å². The molecule has 0 spiro atoms. The maximum absolute atomic E-state index is 13.4. The fraction of sp³-hybridized carbons (Fsp3) is 0.0800. The van der Waals surface area contributed by atoms with Crippen LogP contribution in [0, 0.1) is 12.7 Å². The average molecular weight is 425 g/mol. The topological polar surface area (TPSA) is 85.8 Å². The van der Waals surface area contributed by atoms with E-state index in [1.165, 1.54) is 12.1 Å². The summed E-state index contributed by atoms with van der Waals surface area (Å²) < 4.78 is 15.1. The molecule has 32 heavy (non-hydrogen) atoms. The van der Waals surface area contributed by atoms with E-state index < -0.39 is 0 Å². The number of anilines is 2. The fourth-order valence-electron chi connectivity index (χ4n) is 3.70. The standard InChI is InChI=1S/C25H20FN5O/c1-15-6-12-18(13-7-15)28-25(32)21-22-24(30-20-5-3-2-4-19(20)29-22)31(23(21)27)14-16-8-10-17(26)11-9-16/h2-13H,14,27H2,1H3,(H,28,32). The lowest BCUT2D eigenvalue weighted by Crippen LogP contribution is -2.15. The van der Waals surface area contributed by atoms with Crippen LogP contribution in [0.2, 0.25) is 0 Å². The number of hydrogen-bond acceptors (Lipinski definition) is 4. The number of rotatable bonds is 4. The smallest absolute Gasteiger partial charge is 0.261 e. The van der Waals surface area contributed by atoms with Crippen LogP contribution in [0.3, 0.4) is 0 Å². The maximum atomic E-state index is 13.4. The van der Waals surface area contributed by atoms with Gasteiger partial charge in [-0.15, -0.1) is 0 Å². The zero-order valence-electron chi connectivity index (χ0n) is 17.3. The Balaban J connectivity index is 1.66. The number of nitrogen functional groups attached to an aromatic ring is 1. The summed E-state index contributed by atoms with van der Waals surface area (Å²) in [4.78, 5) is 22.7. The molecule has 0 saturated heterocycles. The number of nitrogens with one attached hydrogen (secondary N) is 1. The van der Waals surface area contributed by atoms with Crippen LogP contribution in [0.1, 0.15) is 21.5 Å². The first kappa shape index (κ1) is 19.7. The van der Waals surface area contributed by atoms with Crippen LogP contribution >= 0.6 is 0 Å². The largest absolute Gasteiger partial charge is 0.384 e. The van der Waals surface area contributed by atoms with Gasteiger partial charge in [-0.3, -0.25) is 4.79 Å². The van der Waals surface area contributed by atoms with Crippen molar-refractivity contribution in [2.45, 2.75) is 13.5 Å². The number of carbonyl (C=O) groups is 1. The van der Waals surface area contributed by atoms with Crippen molar-refractivity contribution in [3.63, 3.8) is 0 Å². The third-order valence-corrected chi connectivity index (χ3v) is 5.38. The number of para-hydroxylation sites is 2. The maximum Gasteiger partial charge on any atom is 0.261 e. The van der Waals surface area contributed by atoms with Gasteiger partial charge >= 0.3 is 0 Å². The molecule has 0 atom stereocenters. The van der Waals surface area contributed by atoms with Crippen molar-refractivity contribution in [3.05, 3.63) is 95.3 Å². The molecule has 0 unspecified atom stereocenters. The quantitative estimate of drug-likeness (QED) is 0.428. The Morgan fingerprint density at radius 2 is 1.62 bits per heavy atom. The van der Waals surface area contributed by atoms with Gasteiger partial charge in [-0.05, 0) is 48.9 Å². The number of aromatic nitrogens is 3. The van der Waals surface area contributed by atoms with Crippen LogP contribution in [0.25, 0.3) is 22.2 Å². The molecule has 3 N–H and O–H groups in total. The lowest BCUT2D eigenvalue weighted by molar-refractivity contribution is 0.102. The van der Waals surface area contributed by atoms with E-state index in [1.54, 1.807) is 16.7 Å². The summed E-state index contributed by atoms with van der Waals surface area (Å²) >= 11 is 0. The van der Waals surface area contributed by atoms with E-state index in [1.807, 2.05) is 55.5 Å². The van der Waals surface area contributed by atoms with Crippen molar-refractivity contribution in [1.29, 1.82) is 0 Å². The lowest BCUT2D eigenvalue weighted by atomic mass is 10.2. The Hall–Kier alpha value is -4.26. The van der Waals surface area contributed by atoms with Gasteiger partial charge in [-0.25, -0.2) is 14.4 Å². The zero-order chi connectivity index (χ0) is 22.2. The van der Waals surface area contributed by atoms with Crippen molar-refractivity contribution < 1.29 is 9.18 Å². The predicted octanol–water partition coefficient (Wildman–Crippen LogP) is 4.91. The monoisotopic (exact) mass is 425 g/mol. The van der Waals surface area contributed by atoms with E-state index >= 15 is 0 Å². The molecule has 2 aromatic heterocycles. The zero-order valence-corrected chi connectivity index (χ0v) is 17.3. The highest BCUT2D eigenvalue weighted by molar-refractivity contribution is 6.16. The molecule has 0 saturated carbocycles. The van der Waals surface area contributed by atoms with Crippen LogP contribution in [0.4, 0.5) is 15.9 Å². The molecular weight excluding hydrogens is 405 g/mol. The number of fused-ring (bicyclic) bond motifs is 2. The Labute approximate surface area is 183 Å². The number of nitrogens with two attached hydrogens (primary N) is 1. The molecular formula is C25H20FN5O. The second-order valence-electron chi connectivity index (χ2n) is 7.68. The first-order valence-electron chi connectivity index (χ1n) is 10.2. The first-order valence-corrected chi connectivity index (χ1v) is 10.2. The predicted molar refractivity (Wildman–Crippen MR) is 124 cm³/mol.